The van der Waals surface area contributed by atoms with E-state index in [-0.39, 0.29) is 52.7 Å². The molecule has 4 aromatic carbocycles. The van der Waals surface area contributed by atoms with Crippen molar-refractivity contribution in [3.8, 4) is 46.1 Å². The van der Waals surface area contributed by atoms with Crippen molar-refractivity contribution < 1.29 is 61.0 Å². The third kappa shape index (κ3) is 25.0. The number of anilines is 4. The minimum Gasteiger partial charge on any atom is -0.478 e. The molecule has 1 aliphatic carbocycles. The van der Waals surface area contributed by atoms with Gasteiger partial charge in [0.2, 0.25) is 0 Å². The molecule has 1 saturated carbocycles. The van der Waals surface area contributed by atoms with E-state index < -0.39 is 47.0 Å². The monoisotopic (exact) mass is 1740 g/mol. The Balaban J connectivity index is 0.000000206. The predicted molar refractivity (Wildman–Crippen MR) is 440 cm³/mol. The van der Waals surface area contributed by atoms with Gasteiger partial charge in [-0.15, -0.1) is 40.8 Å². The van der Waals surface area contributed by atoms with Crippen LogP contribution in [0.2, 0.25) is 0 Å². The number of carboxylic acid groups (broad SMARTS) is 1. The number of aromatic nitrogens is 16. The van der Waals surface area contributed by atoms with Crippen LogP contribution in [0.25, 0.3) is 52.1 Å². The van der Waals surface area contributed by atoms with Gasteiger partial charge in [-0.25, -0.2) is 42.3 Å². The van der Waals surface area contributed by atoms with Gasteiger partial charge in [-0.05, 0) is 238 Å². The highest BCUT2D eigenvalue weighted by atomic mass is 79.9. The molecule has 0 aliphatic heterocycles. The Bertz CT molecular complexity index is 5610. The average Bonchev–Trinajstić information content (AvgIpc) is 1.62. The van der Waals surface area contributed by atoms with Crippen molar-refractivity contribution in [1.82, 2.24) is 79.0 Å². The van der Waals surface area contributed by atoms with Crippen LogP contribution >= 0.6 is 31.9 Å². The molecule has 8 heterocycles. The maximum absolute atomic E-state index is 14.6. The van der Waals surface area contributed by atoms with Gasteiger partial charge in [0.25, 0.3) is 17.7 Å². The summed E-state index contributed by atoms with van der Waals surface area (Å²) in [4.78, 5) is 98.4. The maximum Gasteiger partial charge on any atom is 0.373 e. The van der Waals surface area contributed by atoms with Crippen LogP contribution in [0, 0.1) is 56.9 Å². The van der Waals surface area contributed by atoms with Crippen LogP contribution in [-0.4, -0.2) is 120 Å². The number of hydrogen-bond acceptors (Lipinski definition) is 21. The van der Waals surface area contributed by atoms with Crippen LogP contribution in [0.3, 0.4) is 0 Å². The van der Waals surface area contributed by atoms with Crippen molar-refractivity contribution in [3.05, 3.63) is 241 Å². The van der Waals surface area contributed by atoms with E-state index in [4.69, 9.17) is 30.0 Å². The summed E-state index contributed by atoms with van der Waals surface area (Å²) >= 11 is 6.43. The number of nitrogen functional groups attached to an aromatic ring is 1. The molecular formula is C83H86Br2F4N20O9. The van der Waals surface area contributed by atoms with E-state index in [9.17, 15) is 36.7 Å². The van der Waals surface area contributed by atoms with Gasteiger partial charge in [-0.2, -0.15) is 19.2 Å². The lowest BCUT2D eigenvalue weighted by atomic mass is 9.98. The summed E-state index contributed by atoms with van der Waals surface area (Å²) in [6, 6.07) is 33.2. The van der Waals surface area contributed by atoms with Crippen LogP contribution in [0.1, 0.15) is 193 Å². The third-order valence-electron chi connectivity index (χ3n) is 17.7. The molecule has 0 spiro atoms. The van der Waals surface area contributed by atoms with Gasteiger partial charge in [0.1, 0.15) is 94.6 Å². The average molecular weight is 1740 g/mol. The predicted octanol–water partition coefficient (Wildman–Crippen LogP) is 17.5. The van der Waals surface area contributed by atoms with Crippen LogP contribution in [0.15, 0.2) is 162 Å². The lowest BCUT2D eigenvalue weighted by Gasteiger charge is -2.12. The fraction of sp³-hybridized carbons (Fsp3) is 0.277. The fourth-order valence-corrected chi connectivity index (χ4v) is 12.2. The topological polar surface area (TPSA) is 393 Å². The number of carboxylic acids is 1. The first-order chi connectivity index (χ1) is 56.2. The molecule has 8 aromatic heterocycles. The van der Waals surface area contributed by atoms with Gasteiger partial charge < -0.3 is 45.1 Å². The number of nitrogens with zero attached hydrogens (tertiary/aromatic N) is 16. The van der Waals surface area contributed by atoms with Crippen molar-refractivity contribution in [2.75, 3.05) is 21.7 Å². The first kappa shape index (κ1) is 92.1. The second kappa shape index (κ2) is 43.6. The molecule has 13 rings (SSSR count). The quantitative estimate of drug-likeness (QED) is 0.0469. The largest absolute Gasteiger partial charge is 0.478 e. The Morgan fingerprint density at radius 1 is 0.483 bits per heavy atom. The molecule has 614 valence electrons. The van der Waals surface area contributed by atoms with Crippen LogP contribution in [0.4, 0.5) is 40.8 Å². The maximum atomic E-state index is 14.6. The summed E-state index contributed by atoms with van der Waals surface area (Å²) in [5.74, 6) is -0.185. The molecule has 2 unspecified atom stereocenters. The van der Waals surface area contributed by atoms with E-state index in [0.717, 1.165) is 53.0 Å². The number of carbonyl (C=O) groups is 4. The minimum absolute atomic E-state index is 0.0242. The zero-order valence-electron chi connectivity index (χ0n) is 66.8. The number of nitrogens with two attached hydrogens (primary N) is 1. The summed E-state index contributed by atoms with van der Waals surface area (Å²) in [5.41, 5.74) is 12.7. The van der Waals surface area contributed by atoms with E-state index in [1.54, 1.807) is 112 Å². The zero-order chi connectivity index (χ0) is 86.8. The summed E-state index contributed by atoms with van der Waals surface area (Å²) in [7, 11) is 0. The second-order valence-electron chi connectivity index (χ2n) is 27.5. The van der Waals surface area contributed by atoms with Crippen molar-refractivity contribution in [2.24, 2.45) is 5.92 Å². The highest BCUT2D eigenvalue weighted by Gasteiger charge is 2.38. The number of pyridine rings is 4. The standard InChI is InChI=1S/C23H26FN5O.C22H24FN5O.C18H17BrFN5O.C10H13N5.C8H6BrFO2.2CO2/c1-5-15-10-17(15)16-11-18(19(24)9-14(16)4)23(30)27-21-8-6-7-20(26-21)22-28-25-12-29(22)13(2)3;1-5-6-8-16-12-17(18(23)11-15(16)4)22(29)26-20-10-7-9-19(25-20)21-27-24-13-28(21)14(2)3;1-10(2)25-9-21-24-17(25)15-5-4-6-16(22-15)23-18(26)12-8-13(19)11(3)7-14(12)20;1-7(2)15-6-12-14-10(15)8-4-3-5-9(11)13-8;1-4-2-7(10)5(8(11)12)3-6(4)9;2*2-1-3/h6-9,11-13,15,17H,5,10H2,1-4H3,(H,26,27,30);6-14H,5H2,1-4H3,(H,25,26,29);4-10H,1-3H3,(H,22,23,26);3-7H,1-2H3,(H2,11,13);2-3H,1H3,(H,11,12);;/b;8-6+;;;;;. The molecular weight excluding hydrogens is 1660 g/mol. The molecule has 35 heteroatoms. The Morgan fingerprint density at radius 2 is 0.805 bits per heavy atom. The van der Waals surface area contributed by atoms with Crippen molar-refractivity contribution >= 4 is 97.2 Å². The molecule has 0 saturated heterocycles. The van der Waals surface area contributed by atoms with E-state index >= 15 is 0 Å². The molecule has 0 bridgehead atoms. The van der Waals surface area contributed by atoms with Gasteiger partial charge in [-0.3, -0.25) is 14.4 Å². The third-order valence-corrected chi connectivity index (χ3v) is 19.4. The Morgan fingerprint density at radius 3 is 1.14 bits per heavy atom. The normalized spacial score (nSPS) is 12.3. The highest BCUT2D eigenvalue weighted by molar-refractivity contribution is 9.10. The Kier molecular flexibility index (Phi) is 34.0. The number of nitrogens with one attached hydrogen (secondary N) is 3. The minimum atomic E-state index is -1.26. The van der Waals surface area contributed by atoms with E-state index in [1.165, 1.54) is 36.4 Å². The highest BCUT2D eigenvalue weighted by Crippen LogP contribution is 2.50. The molecule has 3 amide bonds. The van der Waals surface area contributed by atoms with Gasteiger partial charge in [0.15, 0.2) is 23.3 Å². The van der Waals surface area contributed by atoms with Crippen LogP contribution in [0.5, 0.6) is 0 Å². The smallest absolute Gasteiger partial charge is 0.373 e. The molecule has 118 heavy (non-hydrogen) atoms. The number of benzene rings is 4. The van der Waals surface area contributed by atoms with E-state index in [2.05, 4.69) is 129 Å². The SMILES string of the molecule is CC(C)n1cnnc1-c1cccc(N)n1.CC/C=C/c1cc(C(=O)Nc2cccc(-c3nncn3C(C)C)n2)c(F)cc1C.CCC1CC1c1cc(C(=O)Nc2cccc(-c3nncn3C(C)C)n2)c(F)cc1C.Cc1cc(F)c(C(=O)Nc2cccc(-c3nncn3C(C)C)n2)cc1Br.Cc1cc(F)c(C(=O)O)cc1Br.O=C=O.O=C=O. The van der Waals surface area contributed by atoms with Crippen LogP contribution in [-0.2, 0) is 19.2 Å². The van der Waals surface area contributed by atoms with Crippen molar-refractivity contribution in [2.45, 2.75) is 146 Å². The molecule has 1 aliphatic rings. The number of aromatic carboxylic acids is 1. The number of hydrogen-bond donors (Lipinski definition) is 5. The first-order valence-electron chi connectivity index (χ1n) is 36.8. The lowest BCUT2D eigenvalue weighted by Crippen LogP contribution is -2.16. The summed E-state index contributed by atoms with van der Waals surface area (Å²) in [5, 5.41) is 48.7. The molecule has 29 nitrogen and oxygen atoms in total. The second-order valence-corrected chi connectivity index (χ2v) is 29.2. The van der Waals surface area contributed by atoms with Gasteiger partial charge in [0, 0.05) is 33.1 Å². The molecule has 6 N–H and O–H groups in total. The zero-order valence-corrected chi connectivity index (χ0v) is 70.0. The van der Waals surface area contributed by atoms with Gasteiger partial charge >= 0.3 is 18.3 Å². The van der Waals surface area contributed by atoms with Crippen molar-refractivity contribution in [1.29, 1.82) is 0 Å². The van der Waals surface area contributed by atoms with Gasteiger partial charge in [0.05, 0.1) is 22.3 Å². The fourth-order valence-electron chi connectivity index (χ4n) is 11.5. The van der Waals surface area contributed by atoms with Gasteiger partial charge in [-0.1, -0.05) is 88.5 Å². The van der Waals surface area contributed by atoms with Crippen LogP contribution < -0.4 is 21.7 Å². The first-order valence-corrected chi connectivity index (χ1v) is 38.3. The summed E-state index contributed by atoms with van der Waals surface area (Å²) in [6.45, 7) is 27.6. The molecule has 1 fully saturated rings. The number of halogens is 6. The summed E-state index contributed by atoms with van der Waals surface area (Å²) in [6.07, 6.45) is 14.0. The van der Waals surface area contributed by atoms with Crippen molar-refractivity contribution in [3.63, 3.8) is 0 Å². The van der Waals surface area contributed by atoms with E-state index in [0.29, 0.717) is 95.8 Å². The number of allylic oxidation sites excluding steroid dienone is 1. The molecule has 0 radical (unpaired) electrons. The summed E-state index contributed by atoms with van der Waals surface area (Å²) < 4.78 is 64.9. The Labute approximate surface area is 693 Å². The number of amides is 3. The molecule has 2 atom stereocenters. The number of carbonyl (C=O) groups excluding carboxylic acids is 7. The number of aryl methyl sites for hydroxylation is 4. The Hall–Kier alpha value is -13.1. The molecule has 12 aromatic rings. The van der Waals surface area contributed by atoms with E-state index in [1.807, 2.05) is 105 Å². The number of rotatable bonds is 19. The lowest BCUT2D eigenvalue weighted by molar-refractivity contribution is -0.193.